The lowest BCUT2D eigenvalue weighted by Gasteiger charge is -2.11. The van der Waals surface area contributed by atoms with Crippen LogP contribution in [-0.4, -0.2) is 32.8 Å². The number of rotatable bonds is 6. The molecule has 1 amide bonds. The summed E-state index contributed by atoms with van der Waals surface area (Å²) >= 11 is 0. The van der Waals surface area contributed by atoms with Gasteiger partial charge in [-0.15, -0.1) is 10.2 Å². The van der Waals surface area contributed by atoms with Gasteiger partial charge in [0.05, 0.1) is 12.1 Å². The molecular weight excluding hydrogens is 377 g/mol. The normalized spacial score (nSPS) is 11.2. The van der Waals surface area contributed by atoms with Gasteiger partial charge in [-0.05, 0) is 41.6 Å². The van der Waals surface area contributed by atoms with Gasteiger partial charge in [-0.1, -0.05) is 12.1 Å². The number of nitrogens with zero attached hydrogens (tertiary/aromatic N) is 4. The molecule has 0 atom stereocenters. The Morgan fingerprint density at radius 3 is 2.50 bits per heavy atom. The highest BCUT2D eigenvalue weighted by Crippen LogP contribution is 2.32. The van der Waals surface area contributed by atoms with E-state index in [1.165, 1.54) is 16.9 Å². The van der Waals surface area contributed by atoms with Crippen molar-refractivity contribution in [1.29, 1.82) is 0 Å². The van der Waals surface area contributed by atoms with Crippen molar-refractivity contribution in [1.82, 2.24) is 25.5 Å². The summed E-state index contributed by atoms with van der Waals surface area (Å²) in [6.07, 6.45) is -5.80. The summed E-state index contributed by atoms with van der Waals surface area (Å²) in [6.45, 7) is 0.221. The van der Waals surface area contributed by atoms with Gasteiger partial charge in [0.1, 0.15) is 6.09 Å². The molecule has 2 N–H and O–H groups in total. The highest BCUT2D eigenvalue weighted by molar-refractivity contribution is 5.77. The number of alkyl halides is 3. The van der Waals surface area contributed by atoms with E-state index in [2.05, 4.69) is 26.0 Å². The fourth-order valence-electron chi connectivity index (χ4n) is 2.39. The van der Waals surface area contributed by atoms with Crippen LogP contribution in [0.2, 0.25) is 0 Å². The molecule has 2 aromatic carbocycles. The molecular formula is C17H14F3N6O2-. The Labute approximate surface area is 157 Å². The summed E-state index contributed by atoms with van der Waals surface area (Å²) in [7, 11) is 0. The molecule has 0 bridgehead atoms. The predicted octanol–water partition coefficient (Wildman–Crippen LogP) is 2.04. The monoisotopic (exact) mass is 391 g/mol. The third-order valence-electron chi connectivity index (χ3n) is 3.69. The first-order valence-corrected chi connectivity index (χ1v) is 8.09. The Morgan fingerprint density at radius 1 is 1.11 bits per heavy atom. The molecule has 0 spiro atoms. The fourth-order valence-corrected chi connectivity index (χ4v) is 2.39. The lowest BCUT2D eigenvalue weighted by Crippen LogP contribution is -2.38. The molecule has 0 aliphatic carbocycles. The van der Waals surface area contributed by atoms with Gasteiger partial charge in [0, 0.05) is 23.5 Å². The van der Waals surface area contributed by atoms with Gasteiger partial charge < -0.3 is 20.5 Å². The highest BCUT2D eigenvalue weighted by atomic mass is 19.4. The number of para-hydroxylation sites is 1. The summed E-state index contributed by atoms with van der Waals surface area (Å²) in [4.78, 5) is 11.6. The molecule has 0 aliphatic rings. The highest BCUT2D eigenvalue weighted by Gasteiger charge is 2.29. The van der Waals surface area contributed by atoms with Gasteiger partial charge in [-0.2, -0.15) is 18.0 Å². The molecule has 3 aromatic rings. The minimum atomic E-state index is -4.40. The number of nitrogens with one attached hydrogen (secondary N) is 2. The van der Waals surface area contributed by atoms with Crippen LogP contribution in [0.25, 0.3) is 11.4 Å². The molecule has 3 rings (SSSR count). The number of carbonyl (C=O) groups excluding carboxylic acids is 1. The first kappa shape index (κ1) is 19.1. The molecule has 0 unspecified atom stereocenters. The van der Waals surface area contributed by atoms with Crippen LogP contribution in [0.15, 0.2) is 48.5 Å². The van der Waals surface area contributed by atoms with Crippen LogP contribution in [-0.2, 0) is 12.7 Å². The number of amides is 1. The number of carbonyl (C=O) groups is 1. The van der Waals surface area contributed by atoms with E-state index in [4.69, 9.17) is 0 Å². The molecule has 11 heteroatoms. The number of anilines is 2. The van der Waals surface area contributed by atoms with Crippen molar-refractivity contribution in [3.8, 4) is 11.4 Å². The van der Waals surface area contributed by atoms with Crippen molar-refractivity contribution in [2.24, 2.45) is 0 Å². The number of benzene rings is 2. The second kappa shape index (κ2) is 7.94. The summed E-state index contributed by atoms with van der Waals surface area (Å²) in [5.74, 6) is 0.281. The summed E-state index contributed by atoms with van der Waals surface area (Å²) < 4.78 is 38.0. The maximum absolute atomic E-state index is 12.7. The zero-order valence-corrected chi connectivity index (χ0v) is 14.3. The standard InChI is InChI=1S/C17H15F3N6O2/c18-17(19,20)11-5-7-12(8-6-11)22-14-4-2-1-3-13(14)15-23-25-26(24-15)10-9-21-16(27)28/h1-8,21-22H,9-10H2,(H,27,28)/p-1. The average molecular weight is 391 g/mol. The molecule has 1 heterocycles. The lowest BCUT2D eigenvalue weighted by atomic mass is 10.1. The number of aromatic nitrogens is 4. The number of hydrogen-bond acceptors (Lipinski definition) is 6. The van der Waals surface area contributed by atoms with Crippen molar-refractivity contribution in [3.05, 3.63) is 54.1 Å². The van der Waals surface area contributed by atoms with Crippen LogP contribution in [0.1, 0.15) is 5.56 Å². The minimum Gasteiger partial charge on any atom is -0.530 e. The third-order valence-corrected chi connectivity index (χ3v) is 3.69. The molecule has 8 nitrogen and oxygen atoms in total. The van der Waals surface area contributed by atoms with Gasteiger partial charge in [0.25, 0.3) is 0 Å². The van der Waals surface area contributed by atoms with Crippen LogP contribution >= 0.6 is 0 Å². The largest absolute Gasteiger partial charge is 0.530 e. The molecule has 1 aromatic heterocycles. The minimum absolute atomic E-state index is 0.0591. The number of tetrazole rings is 1. The molecule has 0 saturated carbocycles. The lowest BCUT2D eigenvalue weighted by molar-refractivity contribution is -0.250. The van der Waals surface area contributed by atoms with E-state index in [-0.39, 0.29) is 18.9 Å². The smallest absolute Gasteiger partial charge is 0.416 e. The van der Waals surface area contributed by atoms with Crippen molar-refractivity contribution in [2.45, 2.75) is 12.7 Å². The Kier molecular flexibility index (Phi) is 5.43. The van der Waals surface area contributed by atoms with E-state index in [0.717, 1.165) is 12.1 Å². The van der Waals surface area contributed by atoms with Crippen LogP contribution in [0, 0.1) is 0 Å². The quantitative estimate of drug-likeness (QED) is 0.666. The predicted molar refractivity (Wildman–Crippen MR) is 91.4 cm³/mol. The SMILES string of the molecule is O=C([O-])NCCn1nnc(-c2ccccc2Nc2ccc(C(F)(F)F)cc2)n1. The van der Waals surface area contributed by atoms with Gasteiger partial charge in [0.15, 0.2) is 0 Å². The van der Waals surface area contributed by atoms with Crippen LogP contribution < -0.4 is 15.7 Å². The summed E-state index contributed by atoms with van der Waals surface area (Å²) in [5.41, 5.74) is 0.892. The van der Waals surface area contributed by atoms with Gasteiger partial charge in [-0.3, -0.25) is 0 Å². The van der Waals surface area contributed by atoms with E-state index < -0.39 is 17.8 Å². The van der Waals surface area contributed by atoms with Crippen LogP contribution in [0.4, 0.5) is 29.3 Å². The van der Waals surface area contributed by atoms with E-state index in [0.29, 0.717) is 16.9 Å². The van der Waals surface area contributed by atoms with Crippen molar-refractivity contribution in [3.63, 3.8) is 0 Å². The van der Waals surface area contributed by atoms with E-state index >= 15 is 0 Å². The second-order valence-electron chi connectivity index (χ2n) is 5.67. The zero-order chi connectivity index (χ0) is 20.1. The second-order valence-corrected chi connectivity index (χ2v) is 5.67. The van der Waals surface area contributed by atoms with E-state index in [9.17, 15) is 23.1 Å². The molecule has 28 heavy (non-hydrogen) atoms. The molecule has 0 saturated heterocycles. The third kappa shape index (κ3) is 4.75. The van der Waals surface area contributed by atoms with E-state index in [1.807, 2.05) is 0 Å². The first-order chi connectivity index (χ1) is 13.3. The molecule has 0 fully saturated rings. The maximum Gasteiger partial charge on any atom is 0.416 e. The Balaban J connectivity index is 1.76. The van der Waals surface area contributed by atoms with Gasteiger partial charge >= 0.3 is 6.18 Å². The topological polar surface area (TPSA) is 108 Å². The molecule has 0 radical (unpaired) electrons. The molecule has 0 aliphatic heterocycles. The Bertz CT molecular complexity index is 956. The first-order valence-electron chi connectivity index (χ1n) is 8.09. The van der Waals surface area contributed by atoms with Crippen LogP contribution in [0.5, 0.6) is 0 Å². The number of hydrogen-bond donors (Lipinski definition) is 2. The number of halogens is 3. The summed E-state index contributed by atoms with van der Waals surface area (Å²) in [6, 6.07) is 11.6. The molecule has 146 valence electrons. The van der Waals surface area contributed by atoms with Crippen LogP contribution in [0.3, 0.4) is 0 Å². The Hall–Kier alpha value is -3.63. The average Bonchev–Trinajstić information content (AvgIpc) is 3.10. The van der Waals surface area contributed by atoms with Gasteiger partial charge in [0.2, 0.25) is 5.82 Å². The van der Waals surface area contributed by atoms with Crippen molar-refractivity contribution >= 4 is 17.5 Å². The Morgan fingerprint density at radius 2 is 1.82 bits per heavy atom. The van der Waals surface area contributed by atoms with Gasteiger partial charge in [-0.25, -0.2) is 0 Å². The maximum atomic E-state index is 12.7. The fraction of sp³-hybridized carbons (Fsp3) is 0.176. The zero-order valence-electron chi connectivity index (χ0n) is 14.3. The van der Waals surface area contributed by atoms with Crippen molar-refractivity contribution in [2.75, 3.05) is 11.9 Å². The van der Waals surface area contributed by atoms with E-state index in [1.54, 1.807) is 24.3 Å². The van der Waals surface area contributed by atoms with Crippen molar-refractivity contribution < 1.29 is 23.1 Å². The summed E-state index contributed by atoms with van der Waals surface area (Å²) in [5, 5.41) is 27.4. The number of carboxylic acid groups (broad SMARTS) is 1.